The molecule has 2 N–H and O–H groups in total. The molecule has 2 aromatic rings. The number of nitrogens with one attached hydrogen (secondary N) is 1. The third-order valence-electron chi connectivity index (χ3n) is 3.55. The molecule has 1 amide bonds. The number of amidine groups is 1. The van der Waals surface area contributed by atoms with Crippen LogP contribution in [0.25, 0.3) is 0 Å². The Morgan fingerprint density at radius 2 is 1.93 bits per heavy atom. The highest BCUT2D eigenvalue weighted by Crippen LogP contribution is 2.33. The summed E-state index contributed by atoms with van der Waals surface area (Å²) in [5.41, 5.74) is 0.233. The topological polar surface area (TPSA) is 125 Å². The number of hydrazone groups is 1. The predicted octanol–water partition coefficient (Wildman–Crippen LogP) is 1.56. The van der Waals surface area contributed by atoms with Gasteiger partial charge in [-0.3, -0.25) is 19.2 Å². The Kier molecular flexibility index (Phi) is 4.93. The summed E-state index contributed by atoms with van der Waals surface area (Å²) in [6.45, 7) is 1.06. The number of carbonyl (C=O) groups excluding carboxylic acids is 2. The van der Waals surface area contributed by atoms with Crippen molar-refractivity contribution in [3.63, 3.8) is 0 Å². The standard InChI is InChI=1S/C17H15N3O6S/c1-11(21)18-17-14(22)10-20(19-17)12-7-8-15(16(9-12)27(23,24)25)26-13-5-3-2-4-6-13/h2-9H,10H2,1H3,(H,18,19,21)(H,23,24,25). The van der Waals surface area contributed by atoms with Crippen LogP contribution in [0.3, 0.4) is 0 Å². The molecule has 0 bridgehead atoms. The molecule has 0 spiro atoms. The van der Waals surface area contributed by atoms with Gasteiger partial charge in [0.15, 0.2) is 5.84 Å². The molecule has 0 unspecified atom stereocenters. The van der Waals surface area contributed by atoms with Crippen LogP contribution in [0.5, 0.6) is 11.5 Å². The number of ether oxygens (including phenoxy) is 1. The van der Waals surface area contributed by atoms with E-state index in [1.54, 1.807) is 30.3 Å². The summed E-state index contributed by atoms with van der Waals surface area (Å²) in [5.74, 6) is -0.709. The van der Waals surface area contributed by atoms with Crippen LogP contribution < -0.4 is 15.1 Å². The molecule has 1 aliphatic rings. The Balaban J connectivity index is 1.96. The van der Waals surface area contributed by atoms with Crippen LogP contribution in [0.4, 0.5) is 5.69 Å². The Morgan fingerprint density at radius 1 is 1.22 bits per heavy atom. The number of hydrogen-bond acceptors (Lipinski definition) is 7. The summed E-state index contributed by atoms with van der Waals surface area (Å²) in [4.78, 5) is 22.5. The Bertz CT molecular complexity index is 1030. The third kappa shape index (κ3) is 4.30. The summed E-state index contributed by atoms with van der Waals surface area (Å²) >= 11 is 0. The van der Waals surface area contributed by atoms with Crippen LogP contribution in [0.1, 0.15) is 6.92 Å². The lowest BCUT2D eigenvalue weighted by Gasteiger charge is -2.15. The molecule has 3 rings (SSSR count). The van der Waals surface area contributed by atoms with Gasteiger partial charge in [0, 0.05) is 6.92 Å². The van der Waals surface area contributed by atoms with E-state index < -0.39 is 26.7 Å². The Labute approximate surface area is 155 Å². The number of carbonyl (C=O) groups is 2. The fraction of sp³-hybridized carbons (Fsp3) is 0.118. The number of Topliss-reactive ketones (excluding diaryl/α,β-unsaturated/α-hetero) is 1. The molecule has 0 aliphatic carbocycles. The van der Waals surface area contributed by atoms with Crippen LogP contribution in [-0.4, -0.2) is 37.0 Å². The fourth-order valence-corrected chi connectivity index (χ4v) is 3.03. The summed E-state index contributed by atoms with van der Waals surface area (Å²) < 4.78 is 38.6. The predicted molar refractivity (Wildman–Crippen MR) is 96.4 cm³/mol. The van der Waals surface area contributed by atoms with Crippen LogP contribution in [0.2, 0.25) is 0 Å². The molecule has 10 heteroatoms. The van der Waals surface area contributed by atoms with Crippen molar-refractivity contribution in [3.8, 4) is 11.5 Å². The molecular formula is C17H15N3O6S. The highest BCUT2D eigenvalue weighted by atomic mass is 32.2. The maximum absolute atomic E-state index is 11.9. The second-order valence-corrected chi connectivity index (χ2v) is 7.02. The first-order chi connectivity index (χ1) is 12.7. The average Bonchev–Trinajstić information content (AvgIpc) is 2.95. The van der Waals surface area contributed by atoms with E-state index in [-0.39, 0.29) is 23.8 Å². The number of benzene rings is 2. The summed E-state index contributed by atoms with van der Waals surface area (Å²) in [5, 5.41) is 7.49. The molecule has 0 atom stereocenters. The second kappa shape index (κ2) is 7.17. The molecule has 27 heavy (non-hydrogen) atoms. The zero-order valence-corrected chi connectivity index (χ0v) is 14.9. The maximum Gasteiger partial charge on any atom is 0.298 e. The van der Waals surface area contributed by atoms with Gasteiger partial charge < -0.3 is 10.1 Å². The summed E-state index contributed by atoms with van der Waals surface area (Å²) in [6, 6.07) is 12.4. The van der Waals surface area contributed by atoms with Gasteiger partial charge in [0.05, 0.1) is 5.69 Å². The molecule has 2 aromatic carbocycles. The first-order valence-corrected chi connectivity index (χ1v) is 9.19. The third-order valence-corrected chi connectivity index (χ3v) is 4.42. The molecule has 0 fully saturated rings. The fourth-order valence-electron chi connectivity index (χ4n) is 2.39. The first-order valence-electron chi connectivity index (χ1n) is 7.75. The zero-order chi connectivity index (χ0) is 19.6. The van der Waals surface area contributed by atoms with Gasteiger partial charge in [-0.05, 0) is 30.3 Å². The van der Waals surface area contributed by atoms with Gasteiger partial charge in [-0.1, -0.05) is 18.2 Å². The minimum Gasteiger partial charge on any atom is -0.456 e. The van der Waals surface area contributed by atoms with Crippen LogP contribution in [-0.2, 0) is 19.7 Å². The number of hydrogen-bond donors (Lipinski definition) is 2. The van der Waals surface area contributed by atoms with Crippen molar-refractivity contribution < 1.29 is 27.3 Å². The summed E-state index contributed by atoms with van der Waals surface area (Å²) in [7, 11) is -4.61. The van der Waals surface area contributed by atoms with E-state index in [2.05, 4.69) is 10.4 Å². The minimum absolute atomic E-state index is 0.0796. The van der Waals surface area contributed by atoms with Crippen molar-refractivity contribution >= 4 is 33.3 Å². The Morgan fingerprint density at radius 3 is 2.56 bits per heavy atom. The number of para-hydroxylation sites is 1. The monoisotopic (exact) mass is 389 g/mol. The lowest BCUT2D eigenvalue weighted by molar-refractivity contribution is -0.118. The largest absolute Gasteiger partial charge is 0.456 e. The molecule has 0 saturated carbocycles. The van der Waals surface area contributed by atoms with E-state index >= 15 is 0 Å². The first kappa shape index (κ1) is 18.5. The van der Waals surface area contributed by atoms with Crippen molar-refractivity contribution in [2.75, 3.05) is 11.6 Å². The lowest BCUT2D eigenvalue weighted by Crippen LogP contribution is -2.33. The SMILES string of the molecule is CC(=O)NC1=NN(c2ccc(Oc3ccccc3)c(S(=O)(=O)O)c2)CC1=O. The van der Waals surface area contributed by atoms with Crippen LogP contribution in [0.15, 0.2) is 58.5 Å². The van der Waals surface area contributed by atoms with E-state index in [1.165, 1.54) is 24.1 Å². The van der Waals surface area contributed by atoms with Gasteiger partial charge in [0.1, 0.15) is 22.9 Å². The maximum atomic E-state index is 11.9. The van der Waals surface area contributed by atoms with Crippen molar-refractivity contribution in [1.82, 2.24) is 5.32 Å². The van der Waals surface area contributed by atoms with E-state index in [9.17, 15) is 22.6 Å². The van der Waals surface area contributed by atoms with Gasteiger partial charge >= 0.3 is 0 Å². The number of amides is 1. The van der Waals surface area contributed by atoms with Crippen molar-refractivity contribution in [2.45, 2.75) is 11.8 Å². The van der Waals surface area contributed by atoms with Crippen LogP contribution in [0, 0.1) is 0 Å². The smallest absolute Gasteiger partial charge is 0.298 e. The zero-order valence-electron chi connectivity index (χ0n) is 14.1. The number of ketones is 1. The van der Waals surface area contributed by atoms with Gasteiger partial charge in [-0.2, -0.15) is 13.5 Å². The van der Waals surface area contributed by atoms with E-state index in [4.69, 9.17) is 4.74 Å². The van der Waals surface area contributed by atoms with Crippen molar-refractivity contribution in [2.24, 2.45) is 5.10 Å². The summed E-state index contributed by atoms with van der Waals surface area (Å²) in [6.07, 6.45) is 0. The van der Waals surface area contributed by atoms with E-state index in [1.807, 2.05) is 0 Å². The van der Waals surface area contributed by atoms with Gasteiger partial charge in [0.25, 0.3) is 10.1 Å². The van der Waals surface area contributed by atoms with Gasteiger partial charge in [0.2, 0.25) is 11.7 Å². The number of anilines is 1. The highest BCUT2D eigenvalue weighted by molar-refractivity contribution is 7.86. The van der Waals surface area contributed by atoms with Crippen molar-refractivity contribution in [1.29, 1.82) is 0 Å². The normalized spacial score (nSPS) is 14.1. The molecule has 0 aromatic heterocycles. The highest BCUT2D eigenvalue weighted by Gasteiger charge is 2.27. The number of nitrogens with zero attached hydrogens (tertiary/aromatic N) is 2. The quantitative estimate of drug-likeness (QED) is 0.760. The van der Waals surface area contributed by atoms with Gasteiger partial charge in [-0.15, -0.1) is 0 Å². The molecule has 0 saturated heterocycles. The average molecular weight is 389 g/mol. The molecule has 0 radical (unpaired) electrons. The van der Waals surface area contributed by atoms with E-state index in [0.29, 0.717) is 5.75 Å². The van der Waals surface area contributed by atoms with E-state index in [0.717, 1.165) is 6.07 Å². The minimum atomic E-state index is -4.61. The molecule has 9 nitrogen and oxygen atoms in total. The Hall–Kier alpha value is -3.24. The second-order valence-electron chi connectivity index (χ2n) is 5.63. The number of rotatable bonds is 4. The lowest BCUT2D eigenvalue weighted by atomic mass is 10.2. The van der Waals surface area contributed by atoms with Crippen molar-refractivity contribution in [3.05, 3.63) is 48.5 Å². The molecular weight excluding hydrogens is 374 g/mol. The van der Waals surface area contributed by atoms with Crippen LogP contribution >= 0.6 is 0 Å². The molecule has 140 valence electrons. The van der Waals surface area contributed by atoms with Gasteiger partial charge in [-0.25, -0.2) is 0 Å². The molecule has 1 aliphatic heterocycles. The molecule has 1 heterocycles.